The van der Waals surface area contributed by atoms with Gasteiger partial charge in [-0.1, -0.05) is 78.3 Å². The highest BCUT2D eigenvalue weighted by atomic mass is 35.5. The van der Waals surface area contributed by atoms with E-state index in [4.69, 9.17) is 11.6 Å². The predicted octanol–water partition coefficient (Wildman–Crippen LogP) is 11.8. The second-order valence-corrected chi connectivity index (χ2v) is 15.0. The molecule has 6 aromatic rings. The van der Waals surface area contributed by atoms with Crippen LogP contribution in [0.5, 0.6) is 0 Å². The summed E-state index contributed by atoms with van der Waals surface area (Å²) in [6.07, 6.45) is 6.98. The molecular formula is C40H31ClS. The molecule has 4 saturated carbocycles. The largest absolute Gasteiger partial charge is 0.135 e. The third-order valence-electron chi connectivity index (χ3n) is 11.5. The molecule has 0 amide bonds. The Bertz CT molecular complexity index is 2040. The molecule has 0 unspecified atom stereocenters. The van der Waals surface area contributed by atoms with Crippen LogP contribution in [-0.4, -0.2) is 0 Å². The van der Waals surface area contributed by atoms with Crippen LogP contribution in [0.1, 0.15) is 43.2 Å². The summed E-state index contributed by atoms with van der Waals surface area (Å²) in [5.74, 6) is 3.28. The maximum atomic E-state index is 7.38. The van der Waals surface area contributed by atoms with Gasteiger partial charge in [-0.05, 0) is 131 Å². The lowest BCUT2D eigenvalue weighted by atomic mass is 9.43. The quantitative estimate of drug-likeness (QED) is 0.192. The van der Waals surface area contributed by atoms with Crippen molar-refractivity contribution in [3.05, 3.63) is 119 Å². The molecule has 5 aliphatic carbocycles. The van der Waals surface area contributed by atoms with Crippen molar-refractivity contribution in [1.29, 1.82) is 0 Å². The number of benzene rings is 5. The summed E-state index contributed by atoms with van der Waals surface area (Å²) in [5, 5.41) is 3.63. The summed E-state index contributed by atoms with van der Waals surface area (Å²) >= 11 is 9.27. The molecule has 0 aliphatic heterocycles. The van der Waals surface area contributed by atoms with Gasteiger partial charge in [0.15, 0.2) is 0 Å². The van der Waals surface area contributed by atoms with Crippen LogP contribution in [0.15, 0.2) is 103 Å². The van der Waals surface area contributed by atoms with Gasteiger partial charge in [-0.3, -0.25) is 0 Å². The van der Waals surface area contributed by atoms with Crippen LogP contribution in [0.4, 0.5) is 0 Å². The molecule has 5 aromatic carbocycles. The standard InChI is InChI=1S/C40H31ClS/c41-36-22-28(25-6-2-1-3-7-25)21-35-39(36)33-20-26(27-11-13-38-32(19-27)31-8-4-5-9-37(31)42-38)10-12-34(33)40(35)29-15-23-14-24(17-29)18-30(40)16-23/h1-13,19-24,29-30H,14-18H2. The molecular weight excluding hydrogens is 548 g/mol. The van der Waals surface area contributed by atoms with Crippen molar-refractivity contribution in [1.82, 2.24) is 0 Å². The highest BCUT2D eigenvalue weighted by Crippen LogP contribution is 2.70. The highest BCUT2D eigenvalue weighted by Gasteiger charge is 2.61. The Kier molecular flexibility index (Phi) is 4.93. The van der Waals surface area contributed by atoms with Gasteiger partial charge in [-0.25, -0.2) is 0 Å². The van der Waals surface area contributed by atoms with Crippen molar-refractivity contribution in [3.8, 4) is 33.4 Å². The van der Waals surface area contributed by atoms with Crippen LogP contribution < -0.4 is 0 Å². The van der Waals surface area contributed by atoms with Gasteiger partial charge in [0.25, 0.3) is 0 Å². The Hall–Kier alpha value is -3.39. The predicted molar refractivity (Wildman–Crippen MR) is 178 cm³/mol. The molecule has 42 heavy (non-hydrogen) atoms. The third-order valence-corrected chi connectivity index (χ3v) is 13.0. The second kappa shape index (κ2) is 8.59. The Morgan fingerprint density at radius 3 is 2.05 bits per heavy atom. The van der Waals surface area contributed by atoms with Gasteiger partial charge >= 0.3 is 0 Å². The molecule has 5 aliphatic rings. The molecule has 0 saturated heterocycles. The van der Waals surface area contributed by atoms with E-state index in [-0.39, 0.29) is 5.41 Å². The van der Waals surface area contributed by atoms with Crippen molar-refractivity contribution in [3.63, 3.8) is 0 Å². The van der Waals surface area contributed by atoms with Gasteiger partial charge in [0, 0.05) is 36.2 Å². The first kappa shape index (κ1) is 24.1. The van der Waals surface area contributed by atoms with Gasteiger partial charge in [-0.2, -0.15) is 0 Å². The maximum absolute atomic E-state index is 7.38. The van der Waals surface area contributed by atoms with Crippen molar-refractivity contribution in [2.24, 2.45) is 23.7 Å². The van der Waals surface area contributed by atoms with Gasteiger partial charge in [-0.15, -0.1) is 11.3 Å². The summed E-state index contributed by atoms with van der Waals surface area (Å²) in [5.41, 5.74) is 11.0. The minimum Gasteiger partial charge on any atom is -0.135 e. The fraction of sp³-hybridized carbons (Fsp3) is 0.250. The molecule has 0 N–H and O–H groups in total. The van der Waals surface area contributed by atoms with Crippen molar-refractivity contribution >= 4 is 43.1 Å². The Morgan fingerprint density at radius 2 is 1.24 bits per heavy atom. The molecule has 0 nitrogen and oxygen atoms in total. The van der Waals surface area contributed by atoms with Crippen LogP contribution in [0.25, 0.3) is 53.6 Å². The van der Waals surface area contributed by atoms with Gasteiger partial charge < -0.3 is 0 Å². The van der Waals surface area contributed by atoms with Crippen LogP contribution in [-0.2, 0) is 5.41 Å². The first-order valence-electron chi connectivity index (χ1n) is 15.6. The Morgan fingerprint density at radius 1 is 0.548 bits per heavy atom. The lowest BCUT2D eigenvalue weighted by Crippen LogP contribution is -2.55. The van der Waals surface area contributed by atoms with E-state index < -0.39 is 0 Å². The van der Waals surface area contributed by atoms with Crippen molar-refractivity contribution in [2.75, 3.05) is 0 Å². The summed E-state index contributed by atoms with van der Waals surface area (Å²) in [4.78, 5) is 0. The molecule has 1 spiro atoms. The minimum absolute atomic E-state index is 0.0958. The Balaban J connectivity index is 1.21. The Labute approximate surface area is 256 Å². The molecule has 0 atom stereocenters. The zero-order valence-corrected chi connectivity index (χ0v) is 25.0. The summed E-state index contributed by atoms with van der Waals surface area (Å²) in [6, 6.07) is 38.9. The molecule has 204 valence electrons. The normalized spacial score (nSPS) is 26.8. The first-order chi connectivity index (χ1) is 20.7. The number of halogens is 1. The van der Waals surface area contributed by atoms with Crippen molar-refractivity contribution in [2.45, 2.75) is 37.5 Å². The summed E-state index contributed by atoms with van der Waals surface area (Å²) < 4.78 is 2.72. The fourth-order valence-electron chi connectivity index (χ4n) is 10.2. The third kappa shape index (κ3) is 3.14. The van der Waals surface area contributed by atoms with Crippen LogP contribution >= 0.6 is 22.9 Å². The van der Waals surface area contributed by atoms with Gasteiger partial charge in [0.1, 0.15) is 0 Å². The lowest BCUT2D eigenvalue weighted by Gasteiger charge is -2.61. The monoisotopic (exact) mass is 578 g/mol. The smallest absolute Gasteiger partial charge is 0.0493 e. The lowest BCUT2D eigenvalue weighted by molar-refractivity contribution is -0.0399. The molecule has 1 aromatic heterocycles. The van der Waals surface area contributed by atoms with E-state index in [9.17, 15) is 0 Å². The van der Waals surface area contributed by atoms with Crippen LogP contribution in [0, 0.1) is 23.7 Å². The summed E-state index contributed by atoms with van der Waals surface area (Å²) in [7, 11) is 0. The van der Waals surface area contributed by atoms with E-state index in [1.54, 1.807) is 5.56 Å². The van der Waals surface area contributed by atoms with E-state index in [0.717, 1.165) is 28.7 Å². The molecule has 11 rings (SSSR count). The molecule has 4 bridgehead atoms. The average molecular weight is 579 g/mol. The number of hydrogen-bond acceptors (Lipinski definition) is 1. The number of hydrogen-bond donors (Lipinski definition) is 0. The van der Waals surface area contributed by atoms with E-state index in [1.807, 2.05) is 11.3 Å². The van der Waals surface area contributed by atoms with E-state index in [0.29, 0.717) is 0 Å². The van der Waals surface area contributed by atoms with Crippen molar-refractivity contribution < 1.29 is 0 Å². The molecule has 2 heteroatoms. The minimum atomic E-state index is 0.0958. The molecule has 0 radical (unpaired) electrons. The van der Waals surface area contributed by atoms with Gasteiger partial charge in [0.2, 0.25) is 0 Å². The topological polar surface area (TPSA) is 0 Å². The number of rotatable bonds is 2. The van der Waals surface area contributed by atoms with Crippen LogP contribution in [0.2, 0.25) is 5.02 Å². The van der Waals surface area contributed by atoms with E-state index in [1.165, 1.54) is 91.2 Å². The summed E-state index contributed by atoms with van der Waals surface area (Å²) in [6.45, 7) is 0. The highest BCUT2D eigenvalue weighted by molar-refractivity contribution is 7.25. The number of fused-ring (bicyclic) bond motifs is 6. The second-order valence-electron chi connectivity index (χ2n) is 13.5. The van der Waals surface area contributed by atoms with Gasteiger partial charge in [0.05, 0.1) is 0 Å². The first-order valence-corrected chi connectivity index (χ1v) is 16.8. The zero-order valence-electron chi connectivity index (χ0n) is 23.4. The zero-order chi connectivity index (χ0) is 27.6. The SMILES string of the molecule is Clc1cc(-c2ccccc2)cc2c1-c1cc(-c3ccc4sc5ccccc5c4c3)ccc1C21C2CC3CC(C2)CC1C3. The molecule has 1 heterocycles. The molecule has 4 fully saturated rings. The van der Waals surface area contributed by atoms with E-state index in [2.05, 4.69) is 103 Å². The maximum Gasteiger partial charge on any atom is 0.0493 e. The average Bonchev–Trinajstić information content (AvgIpc) is 3.53. The number of thiophene rings is 1. The van der Waals surface area contributed by atoms with Crippen LogP contribution in [0.3, 0.4) is 0 Å². The fourth-order valence-corrected chi connectivity index (χ4v) is 11.6. The van der Waals surface area contributed by atoms with E-state index >= 15 is 0 Å².